The van der Waals surface area contributed by atoms with Gasteiger partial charge in [-0.15, -0.1) is 11.8 Å². The molecule has 0 saturated carbocycles. The Bertz CT molecular complexity index is 583. The Morgan fingerprint density at radius 3 is 2.77 bits per heavy atom. The van der Waals surface area contributed by atoms with Gasteiger partial charge in [-0.05, 0) is 24.5 Å². The maximum Gasteiger partial charge on any atom is 0.305 e. The minimum absolute atomic E-state index is 0.0520. The largest absolute Gasteiger partial charge is 0.481 e. The van der Waals surface area contributed by atoms with Gasteiger partial charge in [-0.25, -0.2) is 0 Å². The van der Waals surface area contributed by atoms with Crippen molar-refractivity contribution in [2.75, 3.05) is 19.0 Å². The van der Waals surface area contributed by atoms with Crippen molar-refractivity contribution in [2.24, 2.45) is 0 Å². The lowest BCUT2D eigenvalue weighted by Gasteiger charge is -2.37. The highest BCUT2D eigenvalue weighted by Crippen LogP contribution is 2.40. The van der Waals surface area contributed by atoms with Crippen LogP contribution in [0.3, 0.4) is 0 Å². The minimum Gasteiger partial charge on any atom is -0.481 e. The minimum atomic E-state index is -0.886. The molecule has 0 spiro atoms. The van der Waals surface area contributed by atoms with Gasteiger partial charge in [-0.3, -0.25) is 9.59 Å². The molecular formula is C16H19NO4S. The summed E-state index contributed by atoms with van der Waals surface area (Å²) in [5.74, 6) is -0.441. The third-order valence-electron chi connectivity index (χ3n) is 4.34. The van der Waals surface area contributed by atoms with Gasteiger partial charge in [-0.2, -0.15) is 0 Å². The predicted molar refractivity (Wildman–Crippen MR) is 83.1 cm³/mol. The molecule has 1 saturated heterocycles. The molecule has 3 rings (SSSR count). The monoisotopic (exact) mass is 321 g/mol. The summed E-state index contributed by atoms with van der Waals surface area (Å²) in [4.78, 5) is 25.0. The van der Waals surface area contributed by atoms with Crippen LogP contribution in [0, 0.1) is 0 Å². The Morgan fingerprint density at radius 2 is 2.05 bits per heavy atom. The number of ether oxygens (including phenoxy) is 1. The molecule has 5 nitrogen and oxygen atoms in total. The smallest absolute Gasteiger partial charge is 0.305 e. The molecule has 1 fully saturated rings. The Kier molecular flexibility index (Phi) is 4.40. The zero-order valence-electron chi connectivity index (χ0n) is 12.2. The molecule has 118 valence electrons. The number of carboxylic acids is 1. The van der Waals surface area contributed by atoms with E-state index in [1.807, 2.05) is 24.3 Å². The molecule has 22 heavy (non-hydrogen) atoms. The van der Waals surface area contributed by atoms with Crippen LogP contribution >= 0.6 is 11.8 Å². The number of aliphatic carboxylic acids is 1. The molecule has 2 heterocycles. The normalized spacial score (nSPS) is 22.8. The van der Waals surface area contributed by atoms with E-state index in [1.54, 1.807) is 11.8 Å². The van der Waals surface area contributed by atoms with Crippen molar-refractivity contribution in [2.45, 2.75) is 35.6 Å². The van der Waals surface area contributed by atoms with E-state index in [1.165, 1.54) is 0 Å². The van der Waals surface area contributed by atoms with Crippen molar-refractivity contribution in [3.63, 3.8) is 0 Å². The zero-order valence-corrected chi connectivity index (χ0v) is 13.0. The summed E-state index contributed by atoms with van der Waals surface area (Å²) in [5.41, 5.74) is 0.367. The van der Waals surface area contributed by atoms with Crippen LogP contribution in [0.5, 0.6) is 0 Å². The van der Waals surface area contributed by atoms with Gasteiger partial charge >= 0.3 is 5.97 Å². The maximum absolute atomic E-state index is 12.7. The van der Waals surface area contributed by atoms with Gasteiger partial charge in [0.15, 0.2) is 0 Å². The predicted octanol–water partition coefficient (Wildman–Crippen LogP) is 2.02. The van der Waals surface area contributed by atoms with Crippen LogP contribution in [-0.2, 0) is 14.3 Å². The lowest BCUT2D eigenvalue weighted by molar-refractivity contribution is -0.140. The fourth-order valence-electron chi connectivity index (χ4n) is 3.13. The van der Waals surface area contributed by atoms with E-state index in [9.17, 15) is 14.7 Å². The van der Waals surface area contributed by atoms with E-state index >= 15 is 0 Å². The van der Waals surface area contributed by atoms with E-state index in [-0.39, 0.29) is 18.2 Å². The Balaban J connectivity index is 1.76. The van der Waals surface area contributed by atoms with E-state index in [2.05, 4.69) is 5.32 Å². The zero-order chi connectivity index (χ0) is 15.6. The van der Waals surface area contributed by atoms with Gasteiger partial charge in [0.1, 0.15) is 0 Å². The standard InChI is InChI=1S/C16H19NO4S/c18-14(19)9-16(5-7-21-8-6-16)17-15(20)12-10-22-13-4-2-1-3-11(12)13/h1-4,12H,5-10H2,(H,17,20)(H,18,19). The second-order valence-electron chi connectivity index (χ2n) is 5.85. The highest BCUT2D eigenvalue weighted by atomic mass is 32.2. The van der Waals surface area contributed by atoms with Crippen LogP contribution in [-0.4, -0.2) is 41.5 Å². The van der Waals surface area contributed by atoms with E-state index in [0.717, 1.165) is 10.5 Å². The first-order valence-electron chi connectivity index (χ1n) is 7.43. The molecule has 1 aromatic rings. The van der Waals surface area contributed by atoms with Gasteiger partial charge in [0.05, 0.1) is 17.9 Å². The molecule has 0 aromatic heterocycles. The van der Waals surface area contributed by atoms with Crippen molar-refractivity contribution < 1.29 is 19.4 Å². The average Bonchev–Trinajstić information content (AvgIpc) is 2.91. The molecule has 0 bridgehead atoms. The molecule has 1 amide bonds. The molecule has 2 aliphatic rings. The van der Waals surface area contributed by atoms with E-state index < -0.39 is 11.5 Å². The number of fused-ring (bicyclic) bond motifs is 1. The molecular weight excluding hydrogens is 302 g/mol. The third kappa shape index (κ3) is 3.13. The summed E-state index contributed by atoms with van der Waals surface area (Å²) < 4.78 is 5.32. The van der Waals surface area contributed by atoms with Gasteiger partial charge in [0.2, 0.25) is 5.91 Å². The third-order valence-corrected chi connectivity index (χ3v) is 5.53. The molecule has 0 aliphatic carbocycles. The molecule has 0 radical (unpaired) electrons. The summed E-state index contributed by atoms with van der Waals surface area (Å²) in [6.45, 7) is 0.979. The number of carbonyl (C=O) groups is 2. The number of carbonyl (C=O) groups excluding carboxylic acids is 1. The second kappa shape index (κ2) is 6.30. The Morgan fingerprint density at radius 1 is 1.32 bits per heavy atom. The molecule has 6 heteroatoms. The lowest BCUT2D eigenvalue weighted by Crippen LogP contribution is -2.54. The number of benzene rings is 1. The summed E-state index contributed by atoms with van der Waals surface area (Å²) in [7, 11) is 0. The van der Waals surface area contributed by atoms with Crippen LogP contribution in [0.2, 0.25) is 0 Å². The maximum atomic E-state index is 12.7. The first kappa shape index (κ1) is 15.4. The summed E-state index contributed by atoms with van der Waals surface area (Å²) in [5, 5.41) is 12.2. The molecule has 1 atom stereocenters. The van der Waals surface area contributed by atoms with Crippen molar-refractivity contribution in [3.05, 3.63) is 29.8 Å². The van der Waals surface area contributed by atoms with Gasteiger partial charge in [0.25, 0.3) is 0 Å². The van der Waals surface area contributed by atoms with Gasteiger partial charge < -0.3 is 15.2 Å². The van der Waals surface area contributed by atoms with Crippen molar-refractivity contribution in [1.29, 1.82) is 0 Å². The van der Waals surface area contributed by atoms with E-state index in [0.29, 0.717) is 31.8 Å². The number of hydrogen-bond acceptors (Lipinski definition) is 4. The molecule has 1 aromatic carbocycles. The highest BCUT2D eigenvalue weighted by Gasteiger charge is 2.39. The van der Waals surface area contributed by atoms with E-state index in [4.69, 9.17) is 4.74 Å². The van der Waals surface area contributed by atoms with Crippen LogP contribution in [0.4, 0.5) is 0 Å². The number of hydrogen-bond donors (Lipinski definition) is 2. The van der Waals surface area contributed by atoms with Crippen LogP contribution in [0.15, 0.2) is 29.2 Å². The quantitative estimate of drug-likeness (QED) is 0.887. The number of rotatable bonds is 4. The van der Waals surface area contributed by atoms with Crippen molar-refractivity contribution in [3.8, 4) is 0 Å². The fourth-order valence-corrected chi connectivity index (χ4v) is 4.35. The van der Waals surface area contributed by atoms with Crippen LogP contribution in [0.1, 0.15) is 30.7 Å². The van der Waals surface area contributed by atoms with Crippen LogP contribution in [0.25, 0.3) is 0 Å². The van der Waals surface area contributed by atoms with Gasteiger partial charge in [-0.1, -0.05) is 18.2 Å². The number of carboxylic acid groups (broad SMARTS) is 1. The SMILES string of the molecule is O=C(O)CC1(NC(=O)C2CSc3ccccc32)CCOCC1. The summed E-state index contributed by atoms with van der Waals surface area (Å²) in [6, 6.07) is 7.91. The topological polar surface area (TPSA) is 75.6 Å². The highest BCUT2D eigenvalue weighted by molar-refractivity contribution is 7.99. The lowest BCUT2D eigenvalue weighted by atomic mass is 9.85. The molecule has 2 aliphatic heterocycles. The number of nitrogens with one attached hydrogen (secondary N) is 1. The average molecular weight is 321 g/mol. The van der Waals surface area contributed by atoms with Crippen molar-refractivity contribution in [1.82, 2.24) is 5.32 Å². The summed E-state index contributed by atoms with van der Waals surface area (Å²) >= 11 is 1.68. The Hall–Kier alpha value is -1.53. The number of amides is 1. The van der Waals surface area contributed by atoms with Crippen molar-refractivity contribution >= 4 is 23.6 Å². The first-order valence-corrected chi connectivity index (χ1v) is 8.41. The fraction of sp³-hybridized carbons (Fsp3) is 0.500. The van der Waals surface area contributed by atoms with Gasteiger partial charge in [0, 0.05) is 23.9 Å². The number of thioether (sulfide) groups is 1. The summed E-state index contributed by atoms with van der Waals surface area (Å²) in [6.07, 6.45) is 1.04. The molecule has 1 unspecified atom stereocenters. The first-order chi connectivity index (χ1) is 10.6. The second-order valence-corrected chi connectivity index (χ2v) is 6.92. The van der Waals surface area contributed by atoms with Crippen LogP contribution < -0.4 is 5.32 Å². The Labute approximate surface area is 133 Å². The molecule has 2 N–H and O–H groups in total.